The van der Waals surface area contributed by atoms with Crippen molar-refractivity contribution in [1.82, 2.24) is 10.2 Å². The van der Waals surface area contributed by atoms with Gasteiger partial charge in [0.05, 0.1) is 6.61 Å². The summed E-state index contributed by atoms with van der Waals surface area (Å²) in [5.74, 6) is 1.58. The van der Waals surface area contributed by atoms with E-state index in [9.17, 15) is 13.2 Å². The SMILES string of the molecule is CN=C(NCc1ccccc1OCC(F)(F)F)N(C)CCOCC1CC1. The zero-order valence-corrected chi connectivity index (χ0v) is 15.2. The van der Waals surface area contributed by atoms with Gasteiger partial charge in [-0.25, -0.2) is 0 Å². The van der Waals surface area contributed by atoms with Crippen LogP contribution in [0.5, 0.6) is 5.75 Å². The number of likely N-dealkylation sites (N-methyl/N-ethyl adjacent to an activating group) is 1. The van der Waals surface area contributed by atoms with Crippen LogP contribution in [0.15, 0.2) is 29.3 Å². The van der Waals surface area contributed by atoms with Gasteiger partial charge in [-0.1, -0.05) is 18.2 Å². The molecule has 0 radical (unpaired) electrons. The minimum absolute atomic E-state index is 0.211. The molecule has 1 aromatic carbocycles. The lowest BCUT2D eigenvalue weighted by molar-refractivity contribution is -0.153. The van der Waals surface area contributed by atoms with Crippen LogP contribution in [0.2, 0.25) is 0 Å². The van der Waals surface area contributed by atoms with Crippen molar-refractivity contribution < 1.29 is 22.6 Å². The lowest BCUT2D eigenvalue weighted by Crippen LogP contribution is -2.40. The molecule has 8 heteroatoms. The highest BCUT2D eigenvalue weighted by molar-refractivity contribution is 5.79. The summed E-state index contributed by atoms with van der Waals surface area (Å²) in [7, 11) is 3.55. The Morgan fingerprint density at radius 3 is 2.69 bits per heavy atom. The number of benzene rings is 1. The van der Waals surface area contributed by atoms with E-state index in [0.29, 0.717) is 31.2 Å². The molecule has 0 aliphatic heterocycles. The van der Waals surface area contributed by atoms with Gasteiger partial charge in [-0.3, -0.25) is 4.99 Å². The maximum atomic E-state index is 12.4. The average Bonchev–Trinajstić information content (AvgIpc) is 3.42. The first-order valence-electron chi connectivity index (χ1n) is 8.66. The minimum atomic E-state index is -4.36. The molecule has 1 aromatic rings. The number of hydrogen-bond acceptors (Lipinski definition) is 3. The van der Waals surface area contributed by atoms with Crippen LogP contribution in [0.3, 0.4) is 0 Å². The van der Waals surface area contributed by atoms with Crippen LogP contribution < -0.4 is 10.1 Å². The van der Waals surface area contributed by atoms with E-state index in [4.69, 9.17) is 9.47 Å². The van der Waals surface area contributed by atoms with Gasteiger partial charge in [0.15, 0.2) is 12.6 Å². The summed E-state index contributed by atoms with van der Waals surface area (Å²) >= 11 is 0. The van der Waals surface area contributed by atoms with E-state index >= 15 is 0 Å². The number of halogens is 3. The molecule has 1 fully saturated rings. The van der Waals surface area contributed by atoms with Crippen LogP contribution in [-0.2, 0) is 11.3 Å². The molecule has 0 aromatic heterocycles. The van der Waals surface area contributed by atoms with Gasteiger partial charge in [-0.05, 0) is 24.8 Å². The van der Waals surface area contributed by atoms with E-state index in [-0.39, 0.29) is 5.75 Å². The monoisotopic (exact) mass is 373 g/mol. The van der Waals surface area contributed by atoms with Gasteiger partial charge in [-0.2, -0.15) is 13.2 Å². The third-order valence-corrected chi connectivity index (χ3v) is 4.00. The Morgan fingerprint density at radius 1 is 1.31 bits per heavy atom. The average molecular weight is 373 g/mol. The molecule has 0 atom stereocenters. The van der Waals surface area contributed by atoms with Gasteiger partial charge < -0.3 is 19.7 Å². The van der Waals surface area contributed by atoms with Gasteiger partial charge >= 0.3 is 6.18 Å². The number of para-hydroxylation sites is 1. The fourth-order valence-corrected chi connectivity index (χ4v) is 2.35. The number of guanidine groups is 1. The molecular formula is C18H26F3N3O2. The van der Waals surface area contributed by atoms with Crippen molar-refractivity contribution in [2.75, 3.05) is 40.5 Å². The van der Waals surface area contributed by atoms with Crippen molar-refractivity contribution in [2.45, 2.75) is 25.6 Å². The number of hydrogen-bond donors (Lipinski definition) is 1. The molecule has 2 rings (SSSR count). The first-order chi connectivity index (χ1) is 12.4. The molecule has 1 N–H and O–H groups in total. The number of nitrogens with one attached hydrogen (secondary N) is 1. The molecule has 5 nitrogen and oxygen atoms in total. The van der Waals surface area contributed by atoms with Gasteiger partial charge in [0.25, 0.3) is 0 Å². The summed E-state index contributed by atoms with van der Waals surface area (Å²) in [6.45, 7) is 1.10. The molecule has 26 heavy (non-hydrogen) atoms. The Balaban J connectivity index is 1.81. The van der Waals surface area contributed by atoms with Crippen molar-refractivity contribution in [3.63, 3.8) is 0 Å². The Labute approximate surface area is 152 Å². The molecule has 0 unspecified atom stereocenters. The largest absolute Gasteiger partial charge is 0.484 e. The second-order valence-corrected chi connectivity index (χ2v) is 6.35. The van der Waals surface area contributed by atoms with Crippen molar-refractivity contribution in [3.05, 3.63) is 29.8 Å². The lowest BCUT2D eigenvalue weighted by Gasteiger charge is -2.22. The molecule has 0 heterocycles. The number of aliphatic imine (C=N–C) groups is 1. The Hall–Kier alpha value is -1.96. The predicted molar refractivity (Wildman–Crippen MR) is 94.4 cm³/mol. The van der Waals surface area contributed by atoms with E-state index in [0.717, 1.165) is 12.5 Å². The van der Waals surface area contributed by atoms with Gasteiger partial charge in [-0.15, -0.1) is 0 Å². The Kier molecular flexibility index (Phi) is 7.56. The topological polar surface area (TPSA) is 46.1 Å². The third-order valence-electron chi connectivity index (χ3n) is 4.00. The number of nitrogens with zero attached hydrogens (tertiary/aromatic N) is 2. The highest BCUT2D eigenvalue weighted by atomic mass is 19.4. The molecular weight excluding hydrogens is 347 g/mol. The van der Waals surface area contributed by atoms with E-state index < -0.39 is 12.8 Å². The van der Waals surface area contributed by atoms with Crippen molar-refractivity contribution in [2.24, 2.45) is 10.9 Å². The summed E-state index contributed by atoms with van der Waals surface area (Å²) in [5.41, 5.74) is 0.635. The van der Waals surface area contributed by atoms with E-state index in [1.165, 1.54) is 18.9 Å². The normalized spacial score (nSPS) is 15.0. The van der Waals surface area contributed by atoms with E-state index in [2.05, 4.69) is 10.3 Å². The smallest absolute Gasteiger partial charge is 0.422 e. The molecule has 0 spiro atoms. The molecule has 0 amide bonds. The van der Waals surface area contributed by atoms with Crippen LogP contribution in [0, 0.1) is 5.92 Å². The zero-order valence-electron chi connectivity index (χ0n) is 15.2. The van der Waals surface area contributed by atoms with E-state index in [1.807, 2.05) is 11.9 Å². The summed E-state index contributed by atoms with van der Waals surface area (Å²) in [5, 5.41) is 3.14. The first-order valence-corrected chi connectivity index (χ1v) is 8.66. The van der Waals surface area contributed by atoms with Crippen LogP contribution in [-0.4, -0.2) is 57.5 Å². The Morgan fingerprint density at radius 2 is 2.04 bits per heavy atom. The second kappa shape index (κ2) is 9.66. The molecule has 1 aliphatic carbocycles. The van der Waals surface area contributed by atoms with Gasteiger partial charge in [0, 0.05) is 39.4 Å². The zero-order chi connectivity index (χ0) is 19.0. The summed E-state index contributed by atoms with van der Waals surface area (Å²) < 4.78 is 47.6. The van der Waals surface area contributed by atoms with Crippen LogP contribution in [0.1, 0.15) is 18.4 Å². The highest BCUT2D eigenvalue weighted by Gasteiger charge is 2.28. The van der Waals surface area contributed by atoms with Gasteiger partial charge in [0.2, 0.25) is 0 Å². The molecule has 0 saturated heterocycles. The quantitative estimate of drug-likeness (QED) is 0.411. The predicted octanol–water partition coefficient (Wildman–Crippen LogP) is 3.06. The molecule has 0 bridgehead atoms. The maximum absolute atomic E-state index is 12.4. The highest BCUT2D eigenvalue weighted by Crippen LogP contribution is 2.28. The molecule has 146 valence electrons. The van der Waals surface area contributed by atoms with Crippen LogP contribution in [0.25, 0.3) is 0 Å². The van der Waals surface area contributed by atoms with Gasteiger partial charge in [0.1, 0.15) is 5.75 Å². The summed E-state index contributed by atoms with van der Waals surface area (Å²) in [6.07, 6.45) is -1.85. The molecule has 1 aliphatic rings. The van der Waals surface area contributed by atoms with Crippen molar-refractivity contribution in [1.29, 1.82) is 0 Å². The fraction of sp³-hybridized carbons (Fsp3) is 0.611. The number of ether oxygens (including phenoxy) is 2. The molecule has 1 saturated carbocycles. The van der Waals surface area contributed by atoms with Crippen molar-refractivity contribution >= 4 is 5.96 Å². The summed E-state index contributed by atoms with van der Waals surface area (Å²) in [6, 6.07) is 6.66. The number of rotatable bonds is 9. The summed E-state index contributed by atoms with van der Waals surface area (Å²) in [4.78, 5) is 6.12. The van der Waals surface area contributed by atoms with Crippen molar-refractivity contribution in [3.8, 4) is 5.75 Å². The first kappa shape index (κ1) is 20.4. The second-order valence-electron chi connectivity index (χ2n) is 6.35. The standard InChI is InChI=1S/C18H26F3N3O2/c1-22-17(24(2)9-10-25-12-14-7-8-14)23-11-15-5-3-4-6-16(15)26-13-18(19,20)21/h3-6,14H,7-13H2,1-2H3,(H,22,23). The third kappa shape index (κ3) is 7.51. The lowest BCUT2D eigenvalue weighted by atomic mass is 10.2. The number of alkyl halides is 3. The minimum Gasteiger partial charge on any atom is -0.484 e. The fourth-order valence-electron chi connectivity index (χ4n) is 2.35. The van der Waals surface area contributed by atoms with Crippen LogP contribution >= 0.6 is 0 Å². The Bertz CT molecular complexity index is 589. The van der Waals surface area contributed by atoms with E-state index in [1.54, 1.807) is 25.2 Å². The van der Waals surface area contributed by atoms with Crippen LogP contribution in [0.4, 0.5) is 13.2 Å². The maximum Gasteiger partial charge on any atom is 0.422 e.